The lowest BCUT2D eigenvalue weighted by Crippen LogP contribution is -2.34. The molecule has 6 nitrogen and oxygen atoms in total. The van der Waals surface area contributed by atoms with Gasteiger partial charge in [0.05, 0.1) is 23.3 Å². The zero-order valence-corrected chi connectivity index (χ0v) is 18.6. The number of nitrogens with one attached hydrogen (secondary N) is 2. The van der Waals surface area contributed by atoms with Gasteiger partial charge in [-0.2, -0.15) is 5.10 Å². The van der Waals surface area contributed by atoms with Crippen LogP contribution >= 0.6 is 34.5 Å². The topological polar surface area (TPSA) is 83.5 Å². The monoisotopic (exact) mass is 470 g/mol. The van der Waals surface area contributed by atoms with Crippen molar-refractivity contribution in [3.8, 4) is 0 Å². The Balaban J connectivity index is 1.37. The van der Waals surface area contributed by atoms with Crippen molar-refractivity contribution in [3.05, 3.63) is 74.7 Å². The molecule has 2 amide bonds. The minimum absolute atomic E-state index is 0.246. The number of hydrogen-bond donors (Lipinski definition) is 2. The molecule has 0 aliphatic heterocycles. The minimum atomic E-state index is -0.484. The highest BCUT2D eigenvalue weighted by Gasteiger charge is 2.17. The number of aryl methyl sites for hydroxylation is 1. The van der Waals surface area contributed by atoms with E-state index >= 15 is 0 Å². The van der Waals surface area contributed by atoms with Crippen LogP contribution in [0.15, 0.2) is 53.6 Å². The van der Waals surface area contributed by atoms with Gasteiger partial charge in [-0.3, -0.25) is 9.59 Å². The summed E-state index contributed by atoms with van der Waals surface area (Å²) in [6.45, 7) is 1.73. The Morgan fingerprint density at radius 1 is 1.16 bits per heavy atom. The van der Waals surface area contributed by atoms with Crippen molar-refractivity contribution < 1.29 is 9.59 Å². The van der Waals surface area contributed by atoms with Crippen LogP contribution in [0, 0.1) is 6.92 Å². The lowest BCUT2D eigenvalue weighted by molar-refractivity contribution is -0.120. The number of aromatic nitrogens is 1. The van der Waals surface area contributed by atoms with Gasteiger partial charge in [0.1, 0.15) is 10.0 Å². The van der Waals surface area contributed by atoms with Crippen molar-refractivity contribution in [2.75, 3.05) is 6.54 Å². The van der Waals surface area contributed by atoms with Gasteiger partial charge < -0.3 is 5.32 Å². The van der Waals surface area contributed by atoms with Gasteiger partial charge in [-0.15, -0.1) is 11.3 Å². The summed E-state index contributed by atoms with van der Waals surface area (Å²) in [6.07, 6.45) is 1.41. The van der Waals surface area contributed by atoms with Crippen molar-refractivity contribution in [2.24, 2.45) is 5.10 Å². The summed E-state index contributed by atoms with van der Waals surface area (Å²) in [5, 5.41) is 8.84. The molecule has 31 heavy (non-hydrogen) atoms. The number of benzene rings is 2. The van der Waals surface area contributed by atoms with E-state index in [2.05, 4.69) is 20.8 Å². The fraction of sp³-hybridized carbons (Fsp3) is 0.0909. The molecule has 2 heterocycles. The van der Waals surface area contributed by atoms with E-state index in [1.807, 2.05) is 55.5 Å². The van der Waals surface area contributed by atoms with Crippen LogP contribution in [0.1, 0.15) is 20.8 Å². The molecule has 0 aliphatic carbocycles. The Morgan fingerprint density at radius 2 is 1.97 bits per heavy atom. The van der Waals surface area contributed by atoms with Crippen LogP contribution in [-0.4, -0.2) is 29.6 Å². The van der Waals surface area contributed by atoms with E-state index in [0.717, 1.165) is 26.6 Å². The number of hydrogen-bond acceptors (Lipinski definition) is 5. The summed E-state index contributed by atoms with van der Waals surface area (Å²) >= 11 is 13.8. The second kappa shape index (κ2) is 9.01. The molecule has 156 valence electrons. The van der Waals surface area contributed by atoms with Gasteiger partial charge in [-0.25, -0.2) is 10.4 Å². The molecule has 0 atom stereocenters. The first kappa shape index (κ1) is 21.2. The Kier molecular flexibility index (Phi) is 6.18. The molecule has 0 saturated carbocycles. The summed E-state index contributed by atoms with van der Waals surface area (Å²) in [5.41, 5.74) is 4.80. The van der Waals surface area contributed by atoms with Crippen LogP contribution in [0.4, 0.5) is 0 Å². The van der Waals surface area contributed by atoms with Crippen LogP contribution < -0.4 is 10.7 Å². The summed E-state index contributed by atoms with van der Waals surface area (Å²) < 4.78 is 0.905. The lowest BCUT2D eigenvalue weighted by atomic mass is 10.1. The molecule has 2 aromatic carbocycles. The first-order chi connectivity index (χ1) is 14.9. The Bertz CT molecular complexity index is 1350. The molecule has 2 N–H and O–H groups in total. The average Bonchev–Trinajstić information content (AvgIpc) is 3.09. The third-order valence-electron chi connectivity index (χ3n) is 4.50. The minimum Gasteiger partial charge on any atom is -0.342 e. The van der Waals surface area contributed by atoms with E-state index in [1.165, 1.54) is 17.6 Å². The van der Waals surface area contributed by atoms with Crippen molar-refractivity contribution >= 4 is 73.6 Å². The molecular formula is C22H16Cl2N4O2S. The summed E-state index contributed by atoms with van der Waals surface area (Å²) in [4.78, 5) is 29.2. The van der Waals surface area contributed by atoms with E-state index in [-0.39, 0.29) is 11.7 Å². The van der Waals surface area contributed by atoms with Gasteiger partial charge in [-0.1, -0.05) is 53.5 Å². The number of hydrazone groups is 1. The Hall–Kier alpha value is -3.00. The molecule has 4 rings (SSSR count). The maximum Gasteiger partial charge on any atom is 0.263 e. The summed E-state index contributed by atoms with van der Waals surface area (Å²) in [5.74, 6) is -0.898. The molecule has 9 heteroatoms. The van der Waals surface area contributed by atoms with Gasteiger partial charge >= 0.3 is 0 Å². The predicted molar refractivity (Wildman–Crippen MR) is 126 cm³/mol. The van der Waals surface area contributed by atoms with E-state index in [0.29, 0.717) is 15.5 Å². The largest absolute Gasteiger partial charge is 0.342 e. The number of halogens is 2. The Morgan fingerprint density at radius 3 is 2.77 bits per heavy atom. The lowest BCUT2D eigenvalue weighted by Gasteiger charge is -2.04. The van der Waals surface area contributed by atoms with Crippen molar-refractivity contribution in [2.45, 2.75) is 6.92 Å². The van der Waals surface area contributed by atoms with Crippen molar-refractivity contribution in [1.82, 2.24) is 15.7 Å². The summed E-state index contributed by atoms with van der Waals surface area (Å²) in [6, 6.07) is 15.2. The van der Waals surface area contributed by atoms with Gasteiger partial charge in [-0.05, 0) is 30.7 Å². The molecule has 0 radical (unpaired) electrons. The fourth-order valence-corrected chi connectivity index (χ4v) is 4.60. The SMILES string of the molecule is Cc1ccc2cc(C=NNC(=O)CNC(=O)c3sc4ccccc4c3Cl)c(Cl)nc2c1. The smallest absolute Gasteiger partial charge is 0.263 e. The highest BCUT2D eigenvalue weighted by atomic mass is 35.5. The first-order valence-corrected chi connectivity index (χ1v) is 10.8. The van der Waals surface area contributed by atoms with E-state index < -0.39 is 11.8 Å². The van der Waals surface area contributed by atoms with Crippen LogP contribution in [-0.2, 0) is 4.79 Å². The predicted octanol–water partition coefficient (Wildman–Crippen LogP) is 4.94. The molecule has 2 aromatic heterocycles. The standard InChI is InChI=1S/C22H16Cl2N4O2S/c1-12-6-7-13-9-14(21(24)27-16(13)8-12)10-26-28-18(29)11-25-22(30)20-19(23)15-4-2-3-5-17(15)31-20/h2-10H,11H2,1H3,(H,25,30)(H,28,29). The fourth-order valence-electron chi connectivity index (χ4n) is 2.97. The van der Waals surface area contributed by atoms with Crippen LogP contribution in [0.3, 0.4) is 0 Å². The molecule has 0 aliphatic rings. The number of carbonyl (C=O) groups is 2. The van der Waals surface area contributed by atoms with Crippen LogP contribution in [0.2, 0.25) is 10.2 Å². The maximum atomic E-state index is 12.4. The number of fused-ring (bicyclic) bond motifs is 2. The van der Waals surface area contributed by atoms with Crippen molar-refractivity contribution in [1.29, 1.82) is 0 Å². The first-order valence-electron chi connectivity index (χ1n) is 9.26. The molecule has 0 saturated heterocycles. The molecule has 0 fully saturated rings. The quantitative estimate of drug-likeness (QED) is 0.246. The molecular weight excluding hydrogens is 455 g/mol. The van der Waals surface area contributed by atoms with Crippen molar-refractivity contribution in [3.63, 3.8) is 0 Å². The molecule has 0 spiro atoms. The zero-order chi connectivity index (χ0) is 22.0. The van der Waals surface area contributed by atoms with E-state index in [4.69, 9.17) is 23.2 Å². The van der Waals surface area contributed by atoms with Gasteiger partial charge in [0.15, 0.2) is 0 Å². The zero-order valence-electron chi connectivity index (χ0n) is 16.3. The van der Waals surface area contributed by atoms with Gasteiger partial charge in [0.2, 0.25) is 0 Å². The summed E-state index contributed by atoms with van der Waals surface area (Å²) in [7, 11) is 0. The maximum absolute atomic E-state index is 12.4. The Labute approximate surface area is 191 Å². The van der Waals surface area contributed by atoms with E-state index in [9.17, 15) is 9.59 Å². The van der Waals surface area contributed by atoms with Gasteiger partial charge in [0, 0.05) is 21.0 Å². The number of amides is 2. The highest BCUT2D eigenvalue weighted by molar-refractivity contribution is 7.21. The third-order valence-corrected chi connectivity index (χ3v) is 6.47. The number of pyridine rings is 1. The average molecular weight is 471 g/mol. The number of carbonyl (C=O) groups excluding carboxylic acids is 2. The van der Waals surface area contributed by atoms with Crippen LogP contribution in [0.25, 0.3) is 21.0 Å². The second-order valence-electron chi connectivity index (χ2n) is 6.78. The number of rotatable bonds is 5. The van der Waals surface area contributed by atoms with E-state index in [1.54, 1.807) is 0 Å². The number of thiophene rings is 1. The normalized spacial score (nSPS) is 11.3. The number of nitrogens with zero attached hydrogens (tertiary/aromatic N) is 2. The van der Waals surface area contributed by atoms with Gasteiger partial charge in [0.25, 0.3) is 11.8 Å². The third kappa shape index (κ3) is 4.69. The van der Waals surface area contributed by atoms with Crippen LogP contribution in [0.5, 0.6) is 0 Å². The second-order valence-corrected chi connectivity index (χ2v) is 8.57. The molecule has 0 unspecified atom stereocenters. The molecule has 0 bridgehead atoms. The molecule has 4 aromatic rings. The highest BCUT2D eigenvalue weighted by Crippen LogP contribution is 2.34.